The summed E-state index contributed by atoms with van der Waals surface area (Å²) in [5.41, 5.74) is 1.24. The van der Waals surface area contributed by atoms with Gasteiger partial charge in [0.25, 0.3) is 0 Å². The van der Waals surface area contributed by atoms with E-state index in [4.69, 9.17) is 28.4 Å². The second-order valence-corrected chi connectivity index (χ2v) is 10.5. The van der Waals surface area contributed by atoms with E-state index >= 15 is 0 Å². The molecule has 39 heavy (non-hydrogen) atoms. The van der Waals surface area contributed by atoms with E-state index in [1.165, 1.54) is 0 Å². The smallest absolute Gasteiger partial charge is 0.335 e. The van der Waals surface area contributed by atoms with Crippen molar-refractivity contribution in [1.29, 1.82) is 0 Å². The first kappa shape index (κ1) is 33.2. The molecule has 0 radical (unpaired) electrons. The Morgan fingerprint density at radius 3 is 1.03 bits per heavy atom. The highest BCUT2D eigenvalue weighted by molar-refractivity contribution is 9.11. The van der Waals surface area contributed by atoms with Gasteiger partial charge in [-0.3, -0.25) is 0 Å². The number of ether oxygens (including phenoxy) is 6. The Kier molecular flexibility index (Phi) is 13.3. The predicted molar refractivity (Wildman–Crippen MR) is 163 cm³/mol. The first-order chi connectivity index (χ1) is 18.6. The largest absolute Gasteiger partial charge is 0.492 e. The van der Waals surface area contributed by atoms with Crippen molar-refractivity contribution in [3.8, 4) is 34.5 Å². The topological polar surface area (TPSA) is 89.5 Å². The van der Waals surface area contributed by atoms with E-state index in [0.29, 0.717) is 78.4 Å². The molecule has 12 heteroatoms. The summed E-state index contributed by atoms with van der Waals surface area (Å²) in [4.78, 5) is 24.2. The molecule has 0 aliphatic rings. The lowest BCUT2D eigenvalue weighted by Gasteiger charge is -2.24. The molecule has 0 N–H and O–H groups in total. The molecule has 0 bridgehead atoms. The third-order valence-electron chi connectivity index (χ3n) is 4.94. The second-order valence-electron chi connectivity index (χ2n) is 7.35. The van der Waals surface area contributed by atoms with Crippen molar-refractivity contribution in [2.24, 2.45) is 0 Å². The van der Waals surface area contributed by atoms with Gasteiger partial charge in [0.2, 0.25) is 0 Å². The highest BCUT2D eigenvalue weighted by Gasteiger charge is 2.31. The van der Waals surface area contributed by atoms with Gasteiger partial charge >= 0.3 is 11.9 Å². The highest BCUT2D eigenvalue weighted by atomic mass is 79.9. The fraction of sp³-hybridized carbons (Fsp3) is 0.333. The summed E-state index contributed by atoms with van der Waals surface area (Å²) in [5, 5.41) is 0. The molecule has 0 unspecified atom stereocenters. The average molecular weight is 800 g/mol. The minimum Gasteiger partial charge on any atom is -0.492 e. The Hall–Kier alpha value is -2.02. The fourth-order valence-corrected chi connectivity index (χ4v) is 6.55. The van der Waals surface area contributed by atoms with Crippen molar-refractivity contribution in [1.82, 2.24) is 0 Å². The van der Waals surface area contributed by atoms with E-state index in [-0.39, 0.29) is 17.9 Å². The standard InChI is InChI=1S/C27H28Br4O8/c1-7-16(32)38-26-18(28)22(34-9-3)14(23(19(26)29)35-10-4)13-15-24(36-11-5)20(30)27(39-17(33)8-2)21(31)25(15)37-12-6/h7-8H,1-2,9-13H2,3-6H3. The van der Waals surface area contributed by atoms with Crippen LogP contribution in [-0.2, 0) is 16.0 Å². The number of benzene rings is 2. The summed E-state index contributed by atoms with van der Waals surface area (Å²) in [5.74, 6) is 0.656. The molecule has 0 heterocycles. The first-order valence-corrected chi connectivity index (χ1v) is 15.1. The van der Waals surface area contributed by atoms with Crippen LogP contribution in [0.5, 0.6) is 34.5 Å². The van der Waals surface area contributed by atoms with Crippen molar-refractivity contribution in [2.45, 2.75) is 34.1 Å². The van der Waals surface area contributed by atoms with Gasteiger partial charge in [0.05, 0.1) is 26.4 Å². The van der Waals surface area contributed by atoms with Crippen LogP contribution in [0, 0.1) is 0 Å². The van der Waals surface area contributed by atoms with Gasteiger partial charge in [-0.1, -0.05) is 13.2 Å². The first-order valence-electron chi connectivity index (χ1n) is 11.9. The molecule has 0 fully saturated rings. The number of esters is 2. The van der Waals surface area contributed by atoms with Crippen molar-refractivity contribution >= 4 is 75.7 Å². The maximum Gasteiger partial charge on any atom is 0.335 e. The molecular formula is C27H28Br4O8. The average Bonchev–Trinajstić information content (AvgIpc) is 2.92. The lowest BCUT2D eigenvalue weighted by Crippen LogP contribution is -2.12. The number of hydrogen-bond donors (Lipinski definition) is 0. The van der Waals surface area contributed by atoms with E-state index < -0.39 is 11.9 Å². The van der Waals surface area contributed by atoms with Crippen LogP contribution in [0.3, 0.4) is 0 Å². The minimum atomic E-state index is -0.649. The molecule has 0 atom stereocenters. The van der Waals surface area contributed by atoms with Gasteiger partial charge in [0, 0.05) is 29.7 Å². The molecule has 0 saturated carbocycles. The van der Waals surface area contributed by atoms with Gasteiger partial charge in [0.1, 0.15) is 40.9 Å². The van der Waals surface area contributed by atoms with Gasteiger partial charge in [-0.2, -0.15) is 0 Å². The van der Waals surface area contributed by atoms with Gasteiger partial charge in [0.15, 0.2) is 11.5 Å². The number of carbonyl (C=O) groups is 2. The van der Waals surface area contributed by atoms with Crippen molar-refractivity contribution < 1.29 is 38.0 Å². The zero-order valence-electron chi connectivity index (χ0n) is 21.9. The third kappa shape index (κ3) is 7.59. The van der Waals surface area contributed by atoms with Crippen LogP contribution in [-0.4, -0.2) is 38.4 Å². The Bertz CT molecular complexity index is 1100. The monoisotopic (exact) mass is 796 g/mol. The Labute approximate surface area is 261 Å². The van der Waals surface area contributed by atoms with E-state index in [9.17, 15) is 9.59 Å². The Morgan fingerprint density at radius 1 is 0.564 bits per heavy atom. The van der Waals surface area contributed by atoms with Gasteiger partial charge in [-0.25, -0.2) is 9.59 Å². The molecule has 2 rings (SSSR count). The lowest BCUT2D eigenvalue weighted by atomic mass is 10.00. The number of rotatable bonds is 14. The normalized spacial score (nSPS) is 10.5. The molecule has 0 saturated heterocycles. The highest BCUT2D eigenvalue weighted by Crippen LogP contribution is 2.54. The summed E-state index contributed by atoms with van der Waals surface area (Å²) >= 11 is 14.2. The van der Waals surface area contributed by atoms with Crippen molar-refractivity contribution in [3.05, 3.63) is 54.3 Å². The fourth-order valence-electron chi connectivity index (χ4n) is 3.48. The summed E-state index contributed by atoms with van der Waals surface area (Å²) < 4.78 is 36.7. The summed E-state index contributed by atoms with van der Waals surface area (Å²) in [6.45, 7) is 15.5. The van der Waals surface area contributed by atoms with Crippen LogP contribution in [0.1, 0.15) is 38.8 Å². The van der Waals surface area contributed by atoms with E-state index in [1.807, 2.05) is 27.7 Å². The van der Waals surface area contributed by atoms with Crippen LogP contribution in [0.25, 0.3) is 0 Å². The van der Waals surface area contributed by atoms with Crippen molar-refractivity contribution in [2.75, 3.05) is 26.4 Å². The van der Waals surface area contributed by atoms with Crippen LogP contribution < -0.4 is 28.4 Å². The lowest BCUT2D eigenvalue weighted by molar-refractivity contribution is -0.130. The maximum absolute atomic E-state index is 12.1. The van der Waals surface area contributed by atoms with Crippen LogP contribution >= 0.6 is 63.7 Å². The Balaban J connectivity index is 2.97. The predicted octanol–water partition coefficient (Wildman–Crippen LogP) is 8.11. The SMILES string of the molecule is C=CC(=O)Oc1c(Br)c(OCC)c(Cc2c(OCC)c(Br)c(OC(=O)C=C)c(Br)c2OCC)c(OCC)c1Br. The van der Waals surface area contributed by atoms with Crippen LogP contribution in [0.2, 0.25) is 0 Å². The number of hydrogen-bond acceptors (Lipinski definition) is 8. The zero-order chi connectivity index (χ0) is 29.3. The molecule has 0 aliphatic heterocycles. The summed E-state index contributed by atoms with van der Waals surface area (Å²) in [6.07, 6.45) is 2.31. The van der Waals surface area contributed by atoms with E-state index in [1.54, 1.807) is 0 Å². The van der Waals surface area contributed by atoms with E-state index in [2.05, 4.69) is 76.9 Å². The molecule has 2 aromatic carbocycles. The maximum atomic E-state index is 12.1. The Morgan fingerprint density at radius 2 is 0.821 bits per heavy atom. The third-order valence-corrected chi connectivity index (χ3v) is 7.82. The zero-order valence-corrected chi connectivity index (χ0v) is 28.2. The molecule has 0 aromatic heterocycles. The number of halogens is 4. The van der Waals surface area contributed by atoms with Gasteiger partial charge in [-0.05, 0) is 91.4 Å². The minimum absolute atomic E-state index is 0.180. The molecular weight excluding hydrogens is 772 g/mol. The van der Waals surface area contributed by atoms with Crippen molar-refractivity contribution in [3.63, 3.8) is 0 Å². The quantitative estimate of drug-likeness (QED) is 0.108. The number of carbonyl (C=O) groups excluding carboxylic acids is 2. The molecule has 212 valence electrons. The second kappa shape index (κ2) is 15.7. The molecule has 8 nitrogen and oxygen atoms in total. The summed E-state index contributed by atoms with van der Waals surface area (Å²) in [6, 6.07) is 0. The van der Waals surface area contributed by atoms with Crippen LogP contribution in [0.4, 0.5) is 0 Å². The molecule has 0 spiro atoms. The summed E-state index contributed by atoms with van der Waals surface area (Å²) in [7, 11) is 0. The van der Waals surface area contributed by atoms with E-state index in [0.717, 1.165) is 12.2 Å². The molecule has 0 amide bonds. The van der Waals surface area contributed by atoms with Crippen LogP contribution in [0.15, 0.2) is 43.2 Å². The van der Waals surface area contributed by atoms with Gasteiger partial charge < -0.3 is 28.4 Å². The molecule has 2 aromatic rings. The van der Waals surface area contributed by atoms with Gasteiger partial charge in [-0.15, -0.1) is 0 Å². The molecule has 0 aliphatic carbocycles.